The number of benzene rings is 1. The van der Waals surface area contributed by atoms with Crippen LogP contribution in [0.1, 0.15) is 11.6 Å². The maximum Gasteiger partial charge on any atom is 0.315 e. The van der Waals surface area contributed by atoms with Crippen molar-refractivity contribution in [2.75, 3.05) is 13.2 Å². The lowest BCUT2D eigenvalue weighted by Gasteiger charge is -2.17. The van der Waals surface area contributed by atoms with Crippen LogP contribution in [0.2, 0.25) is 5.02 Å². The van der Waals surface area contributed by atoms with E-state index in [9.17, 15) is 14.3 Å². The summed E-state index contributed by atoms with van der Waals surface area (Å²) in [5, 5.41) is 14.6. The molecule has 1 atom stereocenters. The lowest BCUT2D eigenvalue weighted by atomic mass is 10.1. The first-order valence-corrected chi connectivity index (χ1v) is 7.19. The summed E-state index contributed by atoms with van der Waals surface area (Å²) in [5.74, 6) is -0.590. The lowest BCUT2D eigenvalue weighted by molar-refractivity contribution is 0.216. The zero-order valence-corrected chi connectivity index (χ0v) is 12.6. The van der Waals surface area contributed by atoms with Gasteiger partial charge in [-0.1, -0.05) is 17.7 Å². The SMILES string of the molecule is O=C(NCCn1cccc1)NC(CO)c1ccc(Cl)c(F)c1. The Morgan fingerprint density at radius 2 is 2.09 bits per heavy atom. The summed E-state index contributed by atoms with van der Waals surface area (Å²) in [5.41, 5.74) is 0.449. The van der Waals surface area contributed by atoms with Crippen molar-refractivity contribution in [1.82, 2.24) is 15.2 Å². The van der Waals surface area contributed by atoms with Crippen molar-refractivity contribution in [3.05, 3.63) is 59.1 Å². The maximum atomic E-state index is 13.4. The molecule has 1 aromatic heterocycles. The number of carbonyl (C=O) groups is 1. The summed E-state index contributed by atoms with van der Waals surface area (Å²) in [6.07, 6.45) is 3.79. The molecule has 118 valence electrons. The summed E-state index contributed by atoms with van der Waals surface area (Å²) in [7, 11) is 0. The average molecular weight is 326 g/mol. The van der Waals surface area contributed by atoms with E-state index < -0.39 is 17.9 Å². The predicted molar refractivity (Wildman–Crippen MR) is 82.2 cm³/mol. The van der Waals surface area contributed by atoms with Gasteiger partial charge in [0.1, 0.15) is 5.82 Å². The van der Waals surface area contributed by atoms with Gasteiger partial charge in [-0.3, -0.25) is 0 Å². The standard InChI is InChI=1S/C15H17ClFN3O2/c16-12-4-3-11(9-13(12)17)14(10-21)19-15(22)18-5-8-20-6-1-2-7-20/h1-4,6-7,9,14,21H,5,8,10H2,(H2,18,19,22). The minimum absolute atomic E-state index is 0.00314. The first-order valence-electron chi connectivity index (χ1n) is 6.81. The Morgan fingerprint density at radius 1 is 1.36 bits per heavy atom. The van der Waals surface area contributed by atoms with Gasteiger partial charge in [0.2, 0.25) is 0 Å². The van der Waals surface area contributed by atoms with Crippen LogP contribution in [-0.4, -0.2) is 28.9 Å². The van der Waals surface area contributed by atoms with Gasteiger partial charge in [-0.05, 0) is 29.8 Å². The van der Waals surface area contributed by atoms with Gasteiger partial charge in [0.05, 0.1) is 17.7 Å². The van der Waals surface area contributed by atoms with Crippen molar-refractivity contribution in [1.29, 1.82) is 0 Å². The summed E-state index contributed by atoms with van der Waals surface area (Å²) in [6.45, 7) is 0.736. The highest BCUT2D eigenvalue weighted by molar-refractivity contribution is 6.30. The molecular weight excluding hydrogens is 309 g/mol. The van der Waals surface area contributed by atoms with Gasteiger partial charge in [-0.2, -0.15) is 0 Å². The summed E-state index contributed by atoms with van der Waals surface area (Å²) < 4.78 is 15.4. The molecule has 2 rings (SSSR count). The van der Waals surface area contributed by atoms with Crippen molar-refractivity contribution in [3.8, 4) is 0 Å². The van der Waals surface area contributed by atoms with E-state index in [0.717, 1.165) is 0 Å². The van der Waals surface area contributed by atoms with Crippen LogP contribution >= 0.6 is 11.6 Å². The molecule has 0 fully saturated rings. The molecule has 0 aliphatic rings. The Bertz CT molecular complexity index is 619. The van der Waals surface area contributed by atoms with Gasteiger partial charge in [-0.25, -0.2) is 9.18 Å². The molecule has 1 unspecified atom stereocenters. The number of aliphatic hydroxyl groups is 1. The molecule has 22 heavy (non-hydrogen) atoms. The number of nitrogens with zero attached hydrogens (tertiary/aromatic N) is 1. The molecular formula is C15H17ClFN3O2. The highest BCUT2D eigenvalue weighted by Crippen LogP contribution is 2.20. The van der Waals surface area contributed by atoms with E-state index in [4.69, 9.17) is 11.6 Å². The van der Waals surface area contributed by atoms with E-state index >= 15 is 0 Å². The Hall–Kier alpha value is -2.05. The van der Waals surface area contributed by atoms with Crippen molar-refractivity contribution < 1.29 is 14.3 Å². The van der Waals surface area contributed by atoms with E-state index in [1.54, 1.807) is 6.07 Å². The van der Waals surface area contributed by atoms with Crippen LogP contribution in [0.15, 0.2) is 42.7 Å². The summed E-state index contributed by atoms with van der Waals surface area (Å²) >= 11 is 5.61. The molecule has 2 amide bonds. The maximum absolute atomic E-state index is 13.4. The molecule has 1 aromatic carbocycles. The van der Waals surface area contributed by atoms with E-state index in [2.05, 4.69) is 10.6 Å². The van der Waals surface area contributed by atoms with Gasteiger partial charge in [-0.15, -0.1) is 0 Å². The minimum Gasteiger partial charge on any atom is -0.394 e. The fourth-order valence-electron chi connectivity index (χ4n) is 1.99. The second kappa shape index (κ2) is 7.82. The molecule has 0 saturated carbocycles. The number of halogens is 2. The minimum atomic E-state index is -0.696. The van der Waals surface area contributed by atoms with E-state index in [-0.39, 0.29) is 11.6 Å². The molecule has 0 bridgehead atoms. The third kappa shape index (κ3) is 4.47. The molecule has 3 N–H and O–H groups in total. The first-order chi connectivity index (χ1) is 10.6. The molecule has 0 radical (unpaired) electrons. The monoisotopic (exact) mass is 325 g/mol. The zero-order valence-electron chi connectivity index (χ0n) is 11.8. The smallest absolute Gasteiger partial charge is 0.315 e. The van der Waals surface area contributed by atoms with Crippen molar-refractivity contribution in [2.24, 2.45) is 0 Å². The highest BCUT2D eigenvalue weighted by Gasteiger charge is 2.15. The number of aromatic nitrogens is 1. The second-order valence-corrected chi connectivity index (χ2v) is 5.14. The van der Waals surface area contributed by atoms with Gasteiger partial charge in [0, 0.05) is 25.5 Å². The Balaban J connectivity index is 1.86. The van der Waals surface area contributed by atoms with Gasteiger partial charge in [0.25, 0.3) is 0 Å². The molecule has 0 aliphatic carbocycles. The van der Waals surface area contributed by atoms with Crippen LogP contribution in [-0.2, 0) is 6.54 Å². The Morgan fingerprint density at radius 3 is 2.73 bits per heavy atom. The quantitative estimate of drug-likeness (QED) is 0.763. The van der Waals surface area contributed by atoms with Crippen LogP contribution in [0.3, 0.4) is 0 Å². The van der Waals surface area contributed by atoms with Crippen LogP contribution in [0.4, 0.5) is 9.18 Å². The normalized spacial score (nSPS) is 12.0. The van der Waals surface area contributed by atoms with E-state index in [1.165, 1.54) is 12.1 Å². The molecule has 0 spiro atoms. The molecule has 5 nitrogen and oxygen atoms in total. The number of urea groups is 1. The fourth-order valence-corrected chi connectivity index (χ4v) is 2.11. The van der Waals surface area contributed by atoms with Crippen LogP contribution in [0.25, 0.3) is 0 Å². The summed E-state index contributed by atoms with van der Waals surface area (Å²) in [4.78, 5) is 11.8. The van der Waals surface area contributed by atoms with Crippen LogP contribution in [0.5, 0.6) is 0 Å². The van der Waals surface area contributed by atoms with Gasteiger partial charge >= 0.3 is 6.03 Å². The Kier molecular flexibility index (Phi) is 5.80. The number of nitrogens with one attached hydrogen (secondary N) is 2. The number of rotatable bonds is 6. The number of hydrogen-bond acceptors (Lipinski definition) is 2. The zero-order chi connectivity index (χ0) is 15.9. The highest BCUT2D eigenvalue weighted by atomic mass is 35.5. The lowest BCUT2D eigenvalue weighted by Crippen LogP contribution is -2.40. The van der Waals surface area contributed by atoms with E-state index in [0.29, 0.717) is 18.7 Å². The van der Waals surface area contributed by atoms with Crippen molar-refractivity contribution >= 4 is 17.6 Å². The number of hydrogen-bond donors (Lipinski definition) is 3. The second-order valence-electron chi connectivity index (χ2n) is 4.73. The Labute approximate surface area is 132 Å². The molecule has 0 aliphatic heterocycles. The predicted octanol–water partition coefficient (Wildman–Crippen LogP) is 2.31. The largest absolute Gasteiger partial charge is 0.394 e. The summed E-state index contributed by atoms with van der Waals surface area (Å²) in [6, 6.07) is 6.82. The third-order valence-electron chi connectivity index (χ3n) is 3.16. The number of carbonyl (C=O) groups excluding carboxylic acids is 1. The van der Waals surface area contributed by atoms with Crippen LogP contribution in [0, 0.1) is 5.82 Å². The van der Waals surface area contributed by atoms with Gasteiger partial charge < -0.3 is 20.3 Å². The van der Waals surface area contributed by atoms with E-state index in [1.807, 2.05) is 29.1 Å². The topological polar surface area (TPSA) is 66.3 Å². The molecule has 2 aromatic rings. The average Bonchev–Trinajstić information content (AvgIpc) is 3.01. The molecule has 0 saturated heterocycles. The first kappa shape index (κ1) is 16.3. The van der Waals surface area contributed by atoms with Crippen molar-refractivity contribution in [2.45, 2.75) is 12.6 Å². The van der Waals surface area contributed by atoms with Crippen molar-refractivity contribution in [3.63, 3.8) is 0 Å². The van der Waals surface area contributed by atoms with Crippen LogP contribution < -0.4 is 10.6 Å². The number of aliphatic hydroxyl groups excluding tert-OH is 1. The number of amides is 2. The molecule has 1 heterocycles. The fraction of sp³-hybridized carbons (Fsp3) is 0.267. The third-order valence-corrected chi connectivity index (χ3v) is 3.46. The van der Waals surface area contributed by atoms with Gasteiger partial charge in [0.15, 0.2) is 0 Å². The molecule has 7 heteroatoms.